The maximum absolute atomic E-state index is 10.0. The molecule has 1 saturated heterocycles. The van der Waals surface area contributed by atoms with Crippen molar-refractivity contribution < 1.29 is 5.11 Å². The smallest absolute Gasteiger partial charge is 0.225 e. The minimum atomic E-state index is 0.363. The lowest BCUT2D eigenvalue weighted by atomic mass is 10.1. The molecule has 0 bridgehead atoms. The maximum Gasteiger partial charge on any atom is 0.225 e. The summed E-state index contributed by atoms with van der Waals surface area (Å²) in [6, 6.07) is 5.85. The Labute approximate surface area is 165 Å². The molecule has 2 aromatic heterocycles. The minimum absolute atomic E-state index is 0.363. The summed E-state index contributed by atoms with van der Waals surface area (Å²) in [5.41, 5.74) is 2.80. The van der Waals surface area contributed by atoms with Crippen molar-refractivity contribution in [2.45, 2.75) is 20.4 Å². The lowest BCUT2D eigenvalue weighted by molar-refractivity contribution is 0.247. The van der Waals surface area contributed by atoms with Gasteiger partial charge in [0.25, 0.3) is 0 Å². The van der Waals surface area contributed by atoms with Gasteiger partial charge >= 0.3 is 0 Å². The summed E-state index contributed by atoms with van der Waals surface area (Å²) in [5.74, 6) is 2.13. The Morgan fingerprint density at radius 2 is 1.57 bits per heavy atom. The summed E-state index contributed by atoms with van der Waals surface area (Å²) < 4.78 is 2.19. The molecule has 3 heterocycles. The van der Waals surface area contributed by atoms with Crippen LogP contribution in [-0.4, -0.2) is 62.2 Å². The first-order valence-corrected chi connectivity index (χ1v) is 9.68. The van der Waals surface area contributed by atoms with E-state index in [0.29, 0.717) is 5.75 Å². The van der Waals surface area contributed by atoms with Gasteiger partial charge in [0.05, 0.1) is 0 Å². The van der Waals surface area contributed by atoms with E-state index in [4.69, 9.17) is 0 Å². The van der Waals surface area contributed by atoms with Crippen molar-refractivity contribution >= 4 is 5.95 Å². The molecule has 0 unspecified atom stereocenters. The van der Waals surface area contributed by atoms with Crippen LogP contribution in [0.2, 0.25) is 0 Å². The highest BCUT2D eigenvalue weighted by Gasteiger charge is 2.19. The van der Waals surface area contributed by atoms with Crippen LogP contribution in [-0.2, 0) is 6.54 Å². The van der Waals surface area contributed by atoms with Gasteiger partial charge in [0.15, 0.2) is 0 Å². The number of phenols is 1. The molecular formula is C21H26N6O. The molecule has 146 valence electrons. The van der Waals surface area contributed by atoms with E-state index in [1.54, 1.807) is 12.4 Å². The van der Waals surface area contributed by atoms with Gasteiger partial charge in [-0.3, -0.25) is 4.90 Å². The third-order valence-electron chi connectivity index (χ3n) is 5.33. The number of rotatable bonds is 5. The van der Waals surface area contributed by atoms with Crippen molar-refractivity contribution in [1.29, 1.82) is 0 Å². The molecule has 0 spiro atoms. The Kier molecular flexibility index (Phi) is 5.25. The number of aromatic hydroxyl groups is 1. The SMILES string of the molecule is Cc1cc(-c2nccn2CCN2CCN(c3ncccn3)CC2)cc(C)c1O. The number of aromatic nitrogens is 4. The van der Waals surface area contributed by atoms with E-state index < -0.39 is 0 Å². The fourth-order valence-corrected chi connectivity index (χ4v) is 3.71. The van der Waals surface area contributed by atoms with Crippen LogP contribution in [0.3, 0.4) is 0 Å². The summed E-state index contributed by atoms with van der Waals surface area (Å²) in [7, 11) is 0. The maximum atomic E-state index is 10.0. The van der Waals surface area contributed by atoms with Crippen LogP contribution in [0.5, 0.6) is 5.75 Å². The number of hydrogen-bond acceptors (Lipinski definition) is 6. The highest BCUT2D eigenvalue weighted by Crippen LogP contribution is 2.28. The van der Waals surface area contributed by atoms with Gasteiger partial charge in [-0.15, -0.1) is 0 Å². The Morgan fingerprint density at radius 3 is 2.25 bits per heavy atom. The van der Waals surface area contributed by atoms with Gasteiger partial charge in [-0.1, -0.05) is 0 Å². The summed E-state index contributed by atoms with van der Waals surface area (Å²) in [6.45, 7) is 9.59. The molecular weight excluding hydrogens is 352 g/mol. The largest absolute Gasteiger partial charge is 0.507 e. The van der Waals surface area contributed by atoms with Crippen LogP contribution in [0.15, 0.2) is 43.0 Å². The molecule has 1 fully saturated rings. The molecule has 0 atom stereocenters. The average molecular weight is 378 g/mol. The van der Waals surface area contributed by atoms with Crippen LogP contribution in [0.25, 0.3) is 11.4 Å². The van der Waals surface area contributed by atoms with Gasteiger partial charge in [-0.25, -0.2) is 15.0 Å². The fourth-order valence-electron chi connectivity index (χ4n) is 3.71. The van der Waals surface area contributed by atoms with Crippen molar-refractivity contribution in [3.05, 3.63) is 54.1 Å². The molecule has 1 N–H and O–H groups in total. The zero-order chi connectivity index (χ0) is 19.5. The molecule has 28 heavy (non-hydrogen) atoms. The highest BCUT2D eigenvalue weighted by molar-refractivity contribution is 5.61. The van der Waals surface area contributed by atoms with Gasteiger partial charge in [0.1, 0.15) is 11.6 Å². The van der Waals surface area contributed by atoms with Gasteiger partial charge < -0.3 is 14.6 Å². The van der Waals surface area contributed by atoms with E-state index in [-0.39, 0.29) is 0 Å². The lowest BCUT2D eigenvalue weighted by Gasteiger charge is -2.34. The number of benzene rings is 1. The minimum Gasteiger partial charge on any atom is -0.507 e. The molecule has 0 amide bonds. The Morgan fingerprint density at radius 1 is 0.893 bits per heavy atom. The number of nitrogens with zero attached hydrogens (tertiary/aromatic N) is 6. The van der Waals surface area contributed by atoms with Crippen molar-refractivity contribution in [2.24, 2.45) is 0 Å². The van der Waals surface area contributed by atoms with Crippen molar-refractivity contribution in [2.75, 3.05) is 37.6 Å². The number of anilines is 1. The van der Waals surface area contributed by atoms with Gasteiger partial charge in [-0.05, 0) is 43.2 Å². The zero-order valence-electron chi connectivity index (χ0n) is 16.4. The third kappa shape index (κ3) is 3.84. The normalized spacial score (nSPS) is 15.1. The molecule has 1 aliphatic heterocycles. The number of piperazine rings is 1. The molecule has 0 radical (unpaired) electrons. The third-order valence-corrected chi connectivity index (χ3v) is 5.33. The van der Waals surface area contributed by atoms with Crippen LogP contribution in [0.4, 0.5) is 5.95 Å². The second-order valence-corrected chi connectivity index (χ2v) is 7.28. The Balaban J connectivity index is 1.38. The summed E-state index contributed by atoms with van der Waals surface area (Å²) in [4.78, 5) is 17.9. The number of phenolic OH excluding ortho intramolecular Hbond substituents is 1. The molecule has 0 aliphatic carbocycles. The first-order valence-electron chi connectivity index (χ1n) is 9.68. The predicted octanol–water partition coefficient (Wildman–Crippen LogP) is 2.48. The van der Waals surface area contributed by atoms with E-state index in [0.717, 1.165) is 67.7 Å². The van der Waals surface area contributed by atoms with Crippen LogP contribution in [0, 0.1) is 13.8 Å². The van der Waals surface area contributed by atoms with Crippen LogP contribution >= 0.6 is 0 Å². The molecule has 1 aliphatic rings. The van der Waals surface area contributed by atoms with Crippen LogP contribution < -0.4 is 4.90 Å². The van der Waals surface area contributed by atoms with E-state index in [9.17, 15) is 5.11 Å². The highest BCUT2D eigenvalue weighted by atomic mass is 16.3. The number of aryl methyl sites for hydroxylation is 2. The van der Waals surface area contributed by atoms with Gasteiger partial charge in [-0.2, -0.15) is 0 Å². The standard InChI is InChI=1S/C21H26N6O/c1-16-14-18(15-17(2)19(16)28)20-22-6-7-26(20)11-8-25-9-12-27(13-10-25)21-23-4-3-5-24-21/h3-7,14-15,28H,8-13H2,1-2H3. The van der Waals surface area contributed by atoms with Crippen LogP contribution in [0.1, 0.15) is 11.1 Å². The molecule has 4 rings (SSSR count). The first kappa shape index (κ1) is 18.4. The lowest BCUT2D eigenvalue weighted by Crippen LogP contribution is -2.47. The quantitative estimate of drug-likeness (QED) is 0.736. The Bertz CT molecular complexity index is 908. The summed E-state index contributed by atoms with van der Waals surface area (Å²) in [5, 5.41) is 10.0. The molecule has 0 saturated carbocycles. The molecule has 7 nitrogen and oxygen atoms in total. The number of hydrogen-bond donors (Lipinski definition) is 1. The van der Waals surface area contributed by atoms with Crippen molar-refractivity contribution in [3.63, 3.8) is 0 Å². The second kappa shape index (κ2) is 7.98. The fraction of sp³-hybridized carbons (Fsp3) is 0.381. The summed E-state index contributed by atoms with van der Waals surface area (Å²) >= 11 is 0. The monoisotopic (exact) mass is 378 g/mol. The Hall–Kier alpha value is -2.93. The topological polar surface area (TPSA) is 70.3 Å². The van der Waals surface area contributed by atoms with Crippen molar-refractivity contribution in [3.8, 4) is 17.1 Å². The molecule has 7 heteroatoms. The van der Waals surface area contributed by atoms with Gasteiger partial charge in [0, 0.05) is 69.6 Å². The average Bonchev–Trinajstić information content (AvgIpc) is 3.20. The van der Waals surface area contributed by atoms with E-state index in [1.165, 1.54) is 0 Å². The molecule has 1 aromatic carbocycles. The van der Waals surface area contributed by atoms with E-state index in [1.807, 2.05) is 44.4 Å². The first-order chi connectivity index (χ1) is 13.6. The van der Waals surface area contributed by atoms with E-state index >= 15 is 0 Å². The van der Waals surface area contributed by atoms with E-state index in [2.05, 4.69) is 29.3 Å². The predicted molar refractivity (Wildman–Crippen MR) is 109 cm³/mol. The molecule has 3 aromatic rings. The van der Waals surface area contributed by atoms with Gasteiger partial charge in [0.2, 0.25) is 5.95 Å². The number of imidazole rings is 1. The second-order valence-electron chi connectivity index (χ2n) is 7.28. The summed E-state index contributed by atoms with van der Waals surface area (Å²) in [6.07, 6.45) is 7.46. The zero-order valence-corrected chi connectivity index (χ0v) is 16.4. The van der Waals surface area contributed by atoms with Crippen molar-refractivity contribution in [1.82, 2.24) is 24.4 Å².